The van der Waals surface area contributed by atoms with E-state index in [2.05, 4.69) is 5.32 Å². The third-order valence-corrected chi connectivity index (χ3v) is 6.31. The zero-order valence-electron chi connectivity index (χ0n) is 20.5. The van der Waals surface area contributed by atoms with E-state index in [1.807, 2.05) is 0 Å². The van der Waals surface area contributed by atoms with Crippen LogP contribution in [0.5, 0.6) is 5.75 Å². The highest BCUT2D eigenvalue weighted by molar-refractivity contribution is 5.95. The number of hydrogen-bond donors (Lipinski definition) is 2. The molecule has 0 saturated heterocycles. The second kappa shape index (κ2) is 10.8. The van der Waals surface area contributed by atoms with Crippen molar-refractivity contribution >= 4 is 5.91 Å². The summed E-state index contributed by atoms with van der Waals surface area (Å²) in [7, 11) is 0. The van der Waals surface area contributed by atoms with Crippen LogP contribution in [-0.2, 0) is 24.3 Å². The Hall–Kier alpha value is -4.48. The van der Waals surface area contributed by atoms with Gasteiger partial charge in [-0.3, -0.25) is 4.79 Å². The number of amides is 1. The fourth-order valence-corrected chi connectivity index (χ4v) is 4.44. The summed E-state index contributed by atoms with van der Waals surface area (Å²) in [5.41, 5.74) is -6.86. The molecule has 0 unspecified atom stereocenters. The van der Waals surface area contributed by atoms with Crippen LogP contribution < -0.4 is 5.32 Å². The Morgan fingerprint density at radius 2 is 1.27 bits per heavy atom. The molecule has 1 amide bonds. The van der Waals surface area contributed by atoms with Gasteiger partial charge in [0.2, 0.25) is 0 Å². The molecule has 12 heteroatoms. The minimum absolute atomic E-state index is 0.215. The van der Waals surface area contributed by atoms with Crippen LogP contribution in [0.4, 0.5) is 39.5 Å². The van der Waals surface area contributed by atoms with Crippen molar-refractivity contribution in [2.24, 2.45) is 0 Å². The summed E-state index contributed by atoms with van der Waals surface area (Å²) in [5, 5.41) is 12.5. The normalized spacial score (nSPS) is 13.5. The molecule has 0 fully saturated rings. The minimum atomic E-state index is -5.20. The van der Waals surface area contributed by atoms with Crippen LogP contribution in [0.15, 0.2) is 84.9 Å². The number of phenolic OH excluding ortho intramolecular Hbond substituents is 1. The second-order valence-corrected chi connectivity index (χ2v) is 9.10. The molecule has 4 aromatic rings. The molecule has 41 heavy (non-hydrogen) atoms. The van der Waals surface area contributed by atoms with E-state index in [1.165, 1.54) is 12.1 Å². The lowest BCUT2D eigenvalue weighted by Gasteiger charge is -2.37. The molecular weight excluding hydrogens is 565 g/mol. The highest BCUT2D eigenvalue weighted by Crippen LogP contribution is 2.40. The molecule has 0 radical (unpaired) electrons. The lowest BCUT2D eigenvalue weighted by Crippen LogP contribution is -2.49. The van der Waals surface area contributed by atoms with Gasteiger partial charge in [0.25, 0.3) is 5.91 Å². The van der Waals surface area contributed by atoms with Crippen LogP contribution in [0.1, 0.15) is 38.2 Å². The summed E-state index contributed by atoms with van der Waals surface area (Å²) in [5.74, 6) is -6.39. The van der Waals surface area contributed by atoms with E-state index in [-0.39, 0.29) is 11.6 Å². The van der Waals surface area contributed by atoms with Crippen LogP contribution in [0, 0.1) is 17.5 Å². The Morgan fingerprint density at radius 1 is 0.683 bits per heavy atom. The quantitative estimate of drug-likeness (QED) is 0.228. The van der Waals surface area contributed by atoms with E-state index in [4.69, 9.17) is 0 Å². The first kappa shape index (κ1) is 29.5. The third kappa shape index (κ3) is 6.31. The molecule has 0 aliphatic heterocycles. The van der Waals surface area contributed by atoms with Gasteiger partial charge in [0.05, 0.1) is 16.7 Å². The number of hydrogen-bond acceptors (Lipinski definition) is 2. The second-order valence-electron chi connectivity index (χ2n) is 9.10. The number of benzene rings is 4. The SMILES string of the molecule is O=C(N[C@@](Cc1ccccc1)(c1cc(O)cc(F)c1)c1ccc(F)c(C(F)(F)F)c1)c1ccc(F)c(C(F)(F)F)c1. The molecule has 1 atom stereocenters. The number of alkyl halides is 6. The van der Waals surface area contributed by atoms with Gasteiger partial charge in [-0.25, -0.2) is 13.2 Å². The van der Waals surface area contributed by atoms with Gasteiger partial charge >= 0.3 is 12.4 Å². The molecule has 2 N–H and O–H groups in total. The molecule has 0 heterocycles. The zero-order chi connectivity index (χ0) is 30.2. The van der Waals surface area contributed by atoms with E-state index in [9.17, 15) is 49.4 Å². The molecule has 3 nitrogen and oxygen atoms in total. The largest absolute Gasteiger partial charge is 0.508 e. The van der Waals surface area contributed by atoms with Crippen molar-refractivity contribution in [2.75, 3.05) is 0 Å². The Labute approximate surface area is 226 Å². The van der Waals surface area contributed by atoms with Gasteiger partial charge in [-0.1, -0.05) is 36.4 Å². The number of aromatic hydroxyl groups is 1. The number of halogens is 9. The van der Waals surface area contributed by atoms with Gasteiger partial charge in [-0.2, -0.15) is 26.3 Å². The van der Waals surface area contributed by atoms with Crippen molar-refractivity contribution in [1.82, 2.24) is 5.32 Å². The van der Waals surface area contributed by atoms with E-state index >= 15 is 0 Å². The monoisotopic (exact) mass is 583 g/mol. The van der Waals surface area contributed by atoms with Gasteiger partial charge in [0.15, 0.2) is 0 Å². The van der Waals surface area contributed by atoms with Crippen LogP contribution in [0.25, 0.3) is 0 Å². The Kier molecular flexibility index (Phi) is 7.79. The average molecular weight is 583 g/mol. The predicted octanol–water partition coefficient (Wildman–Crippen LogP) is 7.76. The summed E-state index contributed by atoms with van der Waals surface area (Å²) in [6.45, 7) is 0. The molecule has 0 bridgehead atoms. The van der Waals surface area contributed by atoms with Crippen LogP contribution in [0.2, 0.25) is 0 Å². The highest BCUT2D eigenvalue weighted by atomic mass is 19.4. The van der Waals surface area contributed by atoms with E-state index in [0.29, 0.717) is 29.8 Å². The maximum absolute atomic E-state index is 14.6. The molecule has 0 aliphatic rings. The van der Waals surface area contributed by atoms with E-state index in [1.54, 1.807) is 18.2 Å². The minimum Gasteiger partial charge on any atom is -0.508 e. The maximum Gasteiger partial charge on any atom is 0.419 e. The van der Waals surface area contributed by atoms with Crippen molar-refractivity contribution in [1.29, 1.82) is 0 Å². The number of rotatable bonds is 6. The molecule has 4 aromatic carbocycles. The Bertz CT molecular complexity index is 1560. The molecule has 4 rings (SSSR count). The molecule has 214 valence electrons. The lowest BCUT2D eigenvalue weighted by atomic mass is 9.77. The Balaban J connectivity index is 2.01. The van der Waals surface area contributed by atoms with Gasteiger partial charge < -0.3 is 10.4 Å². The van der Waals surface area contributed by atoms with Crippen LogP contribution in [0.3, 0.4) is 0 Å². The topological polar surface area (TPSA) is 49.3 Å². The fourth-order valence-electron chi connectivity index (χ4n) is 4.44. The number of phenols is 1. The first-order valence-electron chi connectivity index (χ1n) is 11.7. The number of nitrogens with one attached hydrogen (secondary N) is 1. The first-order chi connectivity index (χ1) is 19.1. The molecule has 0 saturated carbocycles. The third-order valence-electron chi connectivity index (χ3n) is 6.31. The molecule has 0 aliphatic carbocycles. The number of carbonyl (C=O) groups is 1. The fraction of sp³-hybridized carbons (Fsp3) is 0.138. The predicted molar refractivity (Wildman–Crippen MR) is 129 cm³/mol. The Morgan fingerprint density at radius 3 is 1.85 bits per heavy atom. The first-order valence-corrected chi connectivity index (χ1v) is 11.7. The lowest BCUT2D eigenvalue weighted by molar-refractivity contribution is -0.140. The standard InChI is InChI=1S/C29H18F9NO2/c30-20-11-19(12-21(40)14-20)27(15-16-4-2-1-3-5-16,18-7-9-25(32)23(13-18)29(36,37)38)39-26(41)17-6-8-24(31)22(10-17)28(33,34)35/h1-14,40H,15H2,(H,39,41)/t27-/m1/s1. The van der Waals surface area contributed by atoms with Crippen LogP contribution in [-0.4, -0.2) is 11.0 Å². The molecule has 0 spiro atoms. The van der Waals surface area contributed by atoms with Gasteiger partial charge in [0, 0.05) is 18.1 Å². The zero-order valence-corrected chi connectivity index (χ0v) is 20.5. The van der Waals surface area contributed by atoms with Crippen molar-refractivity contribution in [3.63, 3.8) is 0 Å². The summed E-state index contributed by atoms with van der Waals surface area (Å²) < 4.78 is 124. The van der Waals surface area contributed by atoms with Gasteiger partial charge in [-0.05, 0) is 59.2 Å². The molecule has 0 aromatic heterocycles. The van der Waals surface area contributed by atoms with Crippen LogP contribution >= 0.6 is 0 Å². The maximum atomic E-state index is 14.6. The summed E-state index contributed by atoms with van der Waals surface area (Å²) in [6.07, 6.45) is -10.8. The van der Waals surface area contributed by atoms with E-state index < -0.39 is 75.7 Å². The number of carbonyl (C=O) groups excluding carboxylic acids is 1. The van der Waals surface area contributed by atoms with E-state index in [0.717, 1.165) is 24.3 Å². The van der Waals surface area contributed by atoms with Crippen molar-refractivity contribution in [2.45, 2.75) is 24.3 Å². The smallest absolute Gasteiger partial charge is 0.419 e. The van der Waals surface area contributed by atoms with Gasteiger partial charge in [0.1, 0.15) is 23.2 Å². The highest BCUT2D eigenvalue weighted by Gasteiger charge is 2.42. The van der Waals surface area contributed by atoms with Crippen molar-refractivity contribution < 1.29 is 49.4 Å². The molecular formula is C29H18F9NO2. The van der Waals surface area contributed by atoms with Crippen molar-refractivity contribution in [3.8, 4) is 5.75 Å². The summed E-state index contributed by atoms with van der Waals surface area (Å²) >= 11 is 0. The van der Waals surface area contributed by atoms with Gasteiger partial charge in [-0.15, -0.1) is 0 Å². The average Bonchev–Trinajstić information content (AvgIpc) is 2.87. The summed E-state index contributed by atoms with van der Waals surface area (Å²) in [4.78, 5) is 13.5. The summed E-state index contributed by atoms with van der Waals surface area (Å²) in [6, 6.07) is 13.2. The van der Waals surface area contributed by atoms with Crippen molar-refractivity contribution in [3.05, 3.63) is 136 Å².